The first kappa shape index (κ1) is 10.8. The molecule has 0 radical (unpaired) electrons. The van der Waals surface area contributed by atoms with Gasteiger partial charge >= 0.3 is 0 Å². The van der Waals surface area contributed by atoms with Gasteiger partial charge in [0.2, 0.25) is 0 Å². The van der Waals surface area contributed by atoms with Gasteiger partial charge in [0.15, 0.2) is 0 Å². The van der Waals surface area contributed by atoms with Crippen LogP contribution in [0.15, 0.2) is 27.2 Å². The Hall–Kier alpha value is -1.75. The summed E-state index contributed by atoms with van der Waals surface area (Å²) >= 11 is 0. The van der Waals surface area contributed by atoms with E-state index in [0.717, 1.165) is 17.2 Å². The summed E-state index contributed by atoms with van der Waals surface area (Å²) in [5.74, 6) is 1.78. The Morgan fingerprint density at radius 2 is 2.25 bits per heavy atom. The van der Waals surface area contributed by atoms with Crippen molar-refractivity contribution < 1.29 is 8.83 Å². The molecule has 0 aliphatic rings. The van der Waals surface area contributed by atoms with E-state index in [0.29, 0.717) is 19.1 Å². The Morgan fingerprint density at radius 1 is 1.44 bits per heavy atom. The monoisotopic (exact) mass is 221 g/mol. The van der Waals surface area contributed by atoms with Crippen LogP contribution in [0, 0.1) is 6.92 Å². The van der Waals surface area contributed by atoms with Gasteiger partial charge in [-0.05, 0) is 19.1 Å². The number of oxazole rings is 1. The van der Waals surface area contributed by atoms with Crippen LogP contribution in [0.4, 0.5) is 6.01 Å². The van der Waals surface area contributed by atoms with Crippen LogP contribution < -0.4 is 10.6 Å². The quantitative estimate of drug-likeness (QED) is 0.850. The van der Waals surface area contributed by atoms with Crippen molar-refractivity contribution in [2.75, 3.05) is 11.9 Å². The molecule has 2 aromatic heterocycles. The average molecular weight is 221 g/mol. The highest BCUT2D eigenvalue weighted by atomic mass is 16.4. The van der Waals surface area contributed by atoms with Gasteiger partial charge in [-0.1, -0.05) is 0 Å². The molecule has 5 nitrogen and oxygen atoms in total. The molecule has 0 saturated carbocycles. The smallest absolute Gasteiger partial charge is 0.297 e. The van der Waals surface area contributed by atoms with Gasteiger partial charge in [0.05, 0.1) is 12.2 Å². The fraction of sp³-hybridized carbons (Fsp3) is 0.364. The normalized spacial score (nSPS) is 10.7. The molecule has 0 fully saturated rings. The van der Waals surface area contributed by atoms with Crippen LogP contribution in [0.5, 0.6) is 0 Å². The van der Waals surface area contributed by atoms with E-state index in [1.165, 1.54) is 0 Å². The highest BCUT2D eigenvalue weighted by Crippen LogP contribution is 2.16. The fourth-order valence-corrected chi connectivity index (χ4v) is 1.44. The summed E-state index contributed by atoms with van der Waals surface area (Å²) in [5.41, 5.74) is 6.21. The SMILES string of the molecule is Cc1ccc(CN(C)c2nc(CN)co2)o1. The lowest BCUT2D eigenvalue weighted by molar-refractivity contribution is 0.469. The molecule has 2 rings (SSSR count). The molecular weight excluding hydrogens is 206 g/mol. The summed E-state index contributed by atoms with van der Waals surface area (Å²) in [6.45, 7) is 2.93. The van der Waals surface area contributed by atoms with E-state index < -0.39 is 0 Å². The molecule has 2 aromatic rings. The molecule has 0 bridgehead atoms. The molecule has 2 N–H and O–H groups in total. The number of nitrogens with two attached hydrogens (primary N) is 1. The molecule has 5 heteroatoms. The van der Waals surface area contributed by atoms with E-state index in [1.807, 2.05) is 31.0 Å². The van der Waals surface area contributed by atoms with Gasteiger partial charge in [0, 0.05) is 13.6 Å². The first-order valence-electron chi connectivity index (χ1n) is 5.10. The molecule has 0 amide bonds. The minimum absolute atomic E-state index is 0.386. The fourth-order valence-electron chi connectivity index (χ4n) is 1.44. The second-order valence-corrected chi connectivity index (χ2v) is 3.69. The van der Waals surface area contributed by atoms with E-state index in [4.69, 9.17) is 14.6 Å². The van der Waals surface area contributed by atoms with Crippen LogP contribution in [-0.4, -0.2) is 12.0 Å². The Balaban J connectivity index is 2.05. The van der Waals surface area contributed by atoms with Crippen molar-refractivity contribution in [2.24, 2.45) is 5.73 Å². The molecule has 0 saturated heterocycles. The summed E-state index contributed by atoms with van der Waals surface area (Å²) in [7, 11) is 1.89. The van der Waals surface area contributed by atoms with Gasteiger partial charge in [-0.3, -0.25) is 0 Å². The van der Waals surface area contributed by atoms with E-state index in [2.05, 4.69) is 4.98 Å². The Kier molecular flexibility index (Phi) is 2.96. The number of hydrogen-bond donors (Lipinski definition) is 1. The van der Waals surface area contributed by atoms with E-state index in [-0.39, 0.29) is 0 Å². The highest BCUT2D eigenvalue weighted by Gasteiger charge is 2.10. The number of hydrogen-bond acceptors (Lipinski definition) is 5. The topological polar surface area (TPSA) is 68.4 Å². The molecule has 0 spiro atoms. The molecule has 0 aliphatic carbocycles. The number of anilines is 1. The van der Waals surface area contributed by atoms with Crippen LogP contribution in [0.25, 0.3) is 0 Å². The maximum Gasteiger partial charge on any atom is 0.297 e. The third kappa shape index (κ3) is 2.25. The molecular formula is C11H15N3O2. The van der Waals surface area contributed by atoms with Gasteiger partial charge in [-0.25, -0.2) is 0 Å². The number of aromatic nitrogens is 1. The van der Waals surface area contributed by atoms with Crippen LogP contribution in [0.1, 0.15) is 17.2 Å². The van der Waals surface area contributed by atoms with Crippen LogP contribution >= 0.6 is 0 Å². The minimum atomic E-state index is 0.386. The van der Waals surface area contributed by atoms with Crippen LogP contribution in [0.3, 0.4) is 0 Å². The molecule has 16 heavy (non-hydrogen) atoms. The summed E-state index contributed by atoms with van der Waals surface area (Å²) in [6.07, 6.45) is 1.57. The lowest BCUT2D eigenvalue weighted by Gasteiger charge is -2.11. The second kappa shape index (κ2) is 4.40. The van der Waals surface area contributed by atoms with Gasteiger partial charge in [-0.2, -0.15) is 4.98 Å². The van der Waals surface area contributed by atoms with Crippen molar-refractivity contribution in [2.45, 2.75) is 20.0 Å². The highest BCUT2D eigenvalue weighted by molar-refractivity contribution is 5.26. The van der Waals surface area contributed by atoms with E-state index in [9.17, 15) is 0 Å². The third-order valence-corrected chi connectivity index (χ3v) is 2.26. The number of rotatable bonds is 4. The van der Waals surface area contributed by atoms with Crippen molar-refractivity contribution >= 4 is 6.01 Å². The maximum absolute atomic E-state index is 5.47. The van der Waals surface area contributed by atoms with Crippen LogP contribution in [-0.2, 0) is 13.1 Å². The summed E-state index contributed by atoms with van der Waals surface area (Å²) in [5, 5.41) is 0. The predicted molar refractivity (Wildman–Crippen MR) is 59.9 cm³/mol. The number of nitrogens with zero attached hydrogens (tertiary/aromatic N) is 2. The van der Waals surface area contributed by atoms with Gasteiger partial charge < -0.3 is 19.5 Å². The zero-order chi connectivity index (χ0) is 11.5. The molecule has 0 aromatic carbocycles. The lowest BCUT2D eigenvalue weighted by Crippen LogP contribution is -2.16. The predicted octanol–water partition coefficient (Wildman–Crippen LogP) is 1.67. The zero-order valence-corrected chi connectivity index (χ0v) is 9.43. The van der Waals surface area contributed by atoms with E-state index in [1.54, 1.807) is 6.26 Å². The van der Waals surface area contributed by atoms with Crippen molar-refractivity contribution in [3.05, 3.63) is 35.6 Å². The molecule has 0 atom stereocenters. The summed E-state index contributed by atoms with van der Waals surface area (Å²) in [6, 6.07) is 4.43. The van der Waals surface area contributed by atoms with E-state index >= 15 is 0 Å². The molecule has 86 valence electrons. The van der Waals surface area contributed by atoms with Gasteiger partial charge in [0.25, 0.3) is 6.01 Å². The standard InChI is InChI=1S/C11H15N3O2/c1-8-3-4-10(16-8)6-14(2)11-13-9(5-12)7-15-11/h3-4,7H,5-6,12H2,1-2H3. The second-order valence-electron chi connectivity index (χ2n) is 3.69. The van der Waals surface area contributed by atoms with Crippen molar-refractivity contribution in [1.82, 2.24) is 4.98 Å². The van der Waals surface area contributed by atoms with Crippen molar-refractivity contribution in [3.63, 3.8) is 0 Å². The summed E-state index contributed by atoms with van der Waals surface area (Å²) < 4.78 is 10.8. The van der Waals surface area contributed by atoms with Crippen molar-refractivity contribution in [3.8, 4) is 0 Å². The first-order valence-corrected chi connectivity index (χ1v) is 5.10. The Morgan fingerprint density at radius 3 is 2.81 bits per heavy atom. The molecule has 0 aliphatic heterocycles. The van der Waals surface area contributed by atoms with Crippen LogP contribution in [0.2, 0.25) is 0 Å². The first-order chi connectivity index (χ1) is 7.69. The largest absolute Gasteiger partial charge is 0.464 e. The Bertz CT molecular complexity index is 461. The molecule has 2 heterocycles. The molecule has 0 unspecified atom stereocenters. The minimum Gasteiger partial charge on any atom is -0.464 e. The van der Waals surface area contributed by atoms with Crippen molar-refractivity contribution in [1.29, 1.82) is 0 Å². The summed E-state index contributed by atoms with van der Waals surface area (Å²) in [4.78, 5) is 6.10. The van der Waals surface area contributed by atoms with Gasteiger partial charge in [-0.15, -0.1) is 0 Å². The lowest BCUT2D eigenvalue weighted by atomic mass is 10.4. The van der Waals surface area contributed by atoms with Gasteiger partial charge in [0.1, 0.15) is 17.8 Å². The number of furan rings is 1. The number of aryl methyl sites for hydroxylation is 1. The third-order valence-electron chi connectivity index (χ3n) is 2.26. The maximum atomic E-state index is 5.47. The average Bonchev–Trinajstić information content (AvgIpc) is 2.87. The zero-order valence-electron chi connectivity index (χ0n) is 9.43. The Labute approximate surface area is 93.9 Å².